The Labute approximate surface area is 514 Å². The zero-order valence-electron chi connectivity index (χ0n) is 52.4. The number of carbonyl (C=O) groups is 11. The summed E-state index contributed by atoms with van der Waals surface area (Å²) in [5, 5.41) is 64.4. The molecule has 30 heteroatoms. The Bertz CT molecular complexity index is 2570. The average molecular weight is 1240 g/mol. The number of benzene rings is 1. The van der Waals surface area contributed by atoms with Crippen molar-refractivity contribution in [2.75, 3.05) is 26.8 Å². The van der Waals surface area contributed by atoms with E-state index in [-0.39, 0.29) is 31.8 Å². The molecule has 1 fully saturated rings. The van der Waals surface area contributed by atoms with Crippen LogP contribution in [-0.4, -0.2) is 198 Å². The quantitative estimate of drug-likeness (QED) is 0.0233. The summed E-state index contributed by atoms with van der Waals surface area (Å²) < 4.78 is 5.77. The lowest BCUT2D eigenvalue weighted by atomic mass is 9.94. The summed E-state index contributed by atoms with van der Waals surface area (Å²) in [6, 6.07) is -6.39. The molecule has 2 aliphatic heterocycles. The summed E-state index contributed by atoms with van der Waals surface area (Å²) in [5.74, 6) is -11.6. The summed E-state index contributed by atoms with van der Waals surface area (Å²) in [6.07, 6.45) is -2.61. The lowest BCUT2D eigenvalue weighted by molar-refractivity contribution is -0.157. The first-order valence-electron chi connectivity index (χ1n) is 30.2. The second-order valence-corrected chi connectivity index (χ2v) is 23.0. The van der Waals surface area contributed by atoms with E-state index in [0.29, 0.717) is 19.3 Å². The van der Waals surface area contributed by atoms with Crippen molar-refractivity contribution in [1.29, 1.82) is 0 Å². The van der Waals surface area contributed by atoms with Crippen LogP contribution in [0, 0.1) is 23.7 Å². The molecule has 10 amide bonds. The Hall–Kier alpha value is -7.54. The molecular weight excluding hydrogens is 1150 g/mol. The smallest absolute Gasteiger partial charge is 0.329 e. The van der Waals surface area contributed by atoms with E-state index in [0.717, 1.165) is 5.56 Å². The Morgan fingerprint density at radius 3 is 1.68 bits per heavy atom. The highest BCUT2D eigenvalue weighted by Gasteiger charge is 2.41. The number of cyclic esters (lactones) is 1. The van der Waals surface area contributed by atoms with E-state index in [9.17, 15) is 68.1 Å². The standard InChI is InChI=1S/C58H97N15O15/c1-12-28(5)42(70-49(79)37(61-11)23-34-19-17-16-18-20-34)53(83)67-39(26-74)51(81)65-36(21-22-41(59)76)48(78)69-44(30(7)14-3)55(85)71-43(29(6)13-2)54(84)68-40(27-75)52(82)73-46-33(10)88-57(87)45(31(8)15-4)72-50(80)38(24-35-25-62-58(60)64-35)66-47(77)32(9)63-56(46)86/h16-20,28-33,35-40,42-46,52,61,73-75,82H,12-15,21-27H2,1-11H3,(H2,59,76)(H,63,86)(H,65,81)(H,66,77)(H,67,83)(H,68,84)(H,69,78)(H,70,79)(H,71,85)(H,72,80)(H3,60,62,64). The van der Waals surface area contributed by atoms with Gasteiger partial charge in [-0.1, -0.05) is 111 Å². The van der Waals surface area contributed by atoms with Gasteiger partial charge < -0.3 is 90.0 Å². The first-order valence-corrected chi connectivity index (χ1v) is 30.2. The molecule has 494 valence electrons. The van der Waals surface area contributed by atoms with E-state index in [4.69, 9.17) is 16.2 Å². The summed E-state index contributed by atoms with van der Waals surface area (Å²) >= 11 is 0. The third kappa shape index (κ3) is 22.6. The molecule has 30 nitrogen and oxygen atoms in total. The van der Waals surface area contributed by atoms with Gasteiger partial charge in [0.2, 0.25) is 59.1 Å². The molecule has 0 saturated carbocycles. The zero-order valence-corrected chi connectivity index (χ0v) is 52.4. The minimum absolute atomic E-state index is 0.00124. The summed E-state index contributed by atoms with van der Waals surface area (Å²) in [4.78, 5) is 156. The van der Waals surface area contributed by atoms with Crippen molar-refractivity contribution in [2.45, 2.75) is 205 Å². The van der Waals surface area contributed by atoms with Gasteiger partial charge in [0.05, 0.1) is 37.9 Å². The number of aliphatic hydroxyl groups excluding tert-OH is 3. The molecule has 0 spiro atoms. The lowest BCUT2D eigenvalue weighted by Gasteiger charge is -2.33. The van der Waals surface area contributed by atoms with Crippen molar-refractivity contribution < 1.29 is 72.8 Å². The molecule has 0 aromatic heterocycles. The summed E-state index contributed by atoms with van der Waals surface area (Å²) in [6.45, 7) is 14.6. The Balaban J connectivity index is 1.85. The predicted molar refractivity (Wildman–Crippen MR) is 323 cm³/mol. The minimum atomic E-state index is -2.00. The van der Waals surface area contributed by atoms with Crippen molar-refractivity contribution in [3.05, 3.63) is 35.9 Å². The summed E-state index contributed by atoms with van der Waals surface area (Å²) in [5.41, 5.74) is 12.1. The molecule has 2 aliphatic rings. The van der Waals surface area contributed by atoms with Gasteiger partial charge in [0, 0.05) is 6.42 Å². The topological polar surface area (TPSA) is 466 Å². The van der Waals surface area contributed by atoms with Crippen LogP contribution in [0.3, 0.4) is 0 Å². The van der Waals surface area contributed by atoms with Crippen molar-refractivity contribution in [3.8, 4) is 0 Å². The van der Waals surface area contributed by atoms with Gasteiger partial charge in [0.15, 0.2) is 5.96 Å². The van der Waals surface area contributed by atoms with Crippen LogP contribution in [-0.2, 0) is 63.9 Å². The van der Waals surface area contributed by atoms with E-state index in [1.54, 1.807) is 62.4 Å². The van der Waals surface area contributed by atoms with E-state index in [2.05, 4.69) is 68.8 Å². The zero-order chi connectivity index (χ0) is 66.1. The number of carbonyl (C=O) groups excluding carboxylic acids is 11. The van der Waals surface area contributed by atoms with Crippen LogP contribution >= 0.6 is 0 Å². The molecule has 1 aromatic carbocycles. The normalized spacial score (nSPS) is 23.2. The van der Waals surface area contributed by atoms with Crippen molar-refractivity contribution in [2.24, 2.45) is 40.1 Å². The number of aliphatic hydroxyl groups is 3. The van der Waals surface area contributed by atoms with Gasteiger partial charge in [0.1, 0.15) is 66.7 Å². The number of hydrogen-bond acceptors (Lipinski definition) is 20. The largest absolute Gasteiger partial charge is 0.459 e. The van der Waals surface area contributed by atoms with Gasteiger partial charge in [-0.2, -0.15) is 0 Å². The van der Waals surface area contributed by atoms with Crippen LogP contribution in [0.2, 0.25) is 0 Å². The number of likely N-dealkylation sites (N-methyl/N-ethyl adjacent to an activating group) is 1. The number of guanidine groups is 1. The van der Waals surface area contributed by atoms with Gasteiger partial charge in [-0.25, -0.2) is 4.79 Å². The number of amides is 10. The summed E-state index contributed by atoms with van der Waals surface area (Å²) in [7, 11) is 1.60. The van der Waals surface area contributed by atoms with Crippen molar-refractivity contribution in [1.82, 2.24) is 63.8 Å². The van der Waals surface area contributed by atoms with Crippen LogP contribution in [0.15, 0.2) is 35.3 Å². The molecule has 3 rings (SSSR count). The highest BCUT2D eigenvalue weighted by molar-refractivity contribution is 5.98. The number of aliphatic imine (C=N–C) groups is 1. The van der Waals surface area contributed by atoms with E-state index >= 15 is 0 Å². The van der Waals surface area contributed by atoms with Crippen LogP contribution < -0.4 is 75.3 Å². The maximum Gasteiger partial charge on any atom is 0.329 e. The number of nitrogens with two attached hydrogens (primary N) is 2. The maximum absolute atomic E-state index is 14.4. The van der Waals surface area contributed by atoms with Gasteiger partial charge in [-0.15, -0.1) is 0 Å². The number of nitrogens with one attached hydrogen (secondary N) is 12. The molecule has 1 saturated heterocycles. The highest BCUT2D eigenvalue weighted by Crippen LogP contribution is 2.18. The molecule has 18 unspecified atom stereocenters. The number of ether oxygens (including phenoxy) is 1. The highest BCUT2D eigenvalue weighted by atomic mass is 16.5. The monoisotopic (exact) mass is 1240 g/mol. The predicted octanol–water partition coefficient (Wildman–Crippen LogP) is -4.47. The Morgan fingerprint density at radius 1 is 0.659 bits per heavy atom. The first-order chi connectivity index (χ1) is 41.6. The fraction of sp³-hybridized carbons (Fsp3) is 0.690. The molecule has 0 radical (unpaired) electrons. The number of primary amides is 1. The second kappa shape index (κ2) is 36.7. The fourth-order valence-corrected chi connectivity index (χ4v) is 9.61. The third-order valence-electron chi connectivity index (χ3n) is 16.3. The molecule has 88 heavy (non-hydrogen) atoms. The number of esters is 1. The van der Waals surface area contributed by atoms with Crippen LogP contribution in [0.1, 0.15) is 120 Å². The lowest BCUT2D eigenvalue weighted by Crippen LogP contribution is -2.64. The molecular formula is C58H97N15O15. The van der Waals surface area contributed by atoms with Crippen LogP contribution in [0.5, 0.6) is 0 Å². The molecule has 0 aliphatic carbocycles. The fourth-order valence-electron chi connectivity index (χ4n) is 9.61. The van der Waals surface area contributed by atoms with E-state index in [1.165, 1.54) is 13.8 Å². The molecule has 0 bridgehead atoms. The van der Waals surface area contributed by atoms with E-state index in [1.807, 2.05) is 30.3 Å². The SMILES string of the molecule is CCC(C)C(NC(=O)C(Cc1ccccc1)NC)C(=O)NC(CO)C(=O)NC(CCC(N)=O)C(=O)NC(C(=O)NC(C(=O)NC(CO)C(O)NC1C(=O)NC(C)C(=O)NC(CC2CN=C(N)N2)C(=O)NC(C(C)CC)C(=O)OC1C)C(C)CC)C(C)CC. The molecule has 18 atom stereocenters. The first kappa shape index (κ1) is 74.7. The second-order valence-electron chi connectivity index (χ2n) is 23.0. The van der Waals surface area contributed by atoms with Crippen molar-refractivity contribution >= 4 is 71.0 Å². The Kier molecular flexibility index (Phi) is 31.2. The van der Waals surface area contributed by atoms with Crippen LogP contribution in [0.4, 0.5) is 0 Å². The van der Waals surface area contributed by atoms with Gasteiger partial charge in [0.25, 0.3) is 0 Å². The molecule has 19 N–H and O–H groups in total. The number of hydrogen-bond donors (Lipinski definition) is 17. The number of nitrogens with zero attached hydrogens (tertiary/aromatic N) is 1. The Morgan fingerprint density at radius 2 is 1.18 bits per heavy atom. The van der Waals surface area contributed by atoms with Gasteiger partial charge in [-0.05, 0) is 69.4 Å². The van der Waals surface area contributed by atoms with Crippen LogP contribution in [0.25, 0.3) is 0 Å². The average Bonchev–Trinajstić information content (AvgIpc) is 4.12. The van der Waals surface area contributed by atoms with E-state index < -0.39 is 200 Å². The maximum atomic E-state index is 14.4. The third-order valence-corrected chi connectivity index (χ3v) is 16.3. The van der Waals surface area contributed by atoms with Gasteiger partial charge >= 0.3 is 5.97 Å². The number of rotatable bonds is 33. The molecule has 2 heterocycles. The van der Waals surface area contributed by atoms with Crippen molar-refractivity contribution in [3.63, 3.8) is 0 Å². The van der Waals surface area contributed by atoms with Gasteiger partial charge in [-0.3, -0.25) is 58.3 Å². The molecule has 1 aromatic rings. The minimum Gasteiger partial charge on any atom is -0.459 e.